The zero-order valence-electron chi connectivity index (χ0n) is 11.7. The summed E-state index contributed by atoms with van der Waals surface area (Å²) in [5, 5.41) is 12.0. The van der Waals surface area contributed by atoms with Gasteiger partial charge in [0.25, 0.3) is 5.91 Å². The van der Waals surface area contributed by atoms with Crippen LogP contribution in [-0.4, -0.2) is 30.8 Å². The van der Waals surface area contributed by atoms with Crippen molar-refractivity contribution in [2.45, 2.75) is 18.8 Å². The number of aromatic nitrogens is 2. The molecule has 3 rings (SSSR count). The third-order valence-electron chi connectivity index (χ3n) is 3.05. The second-order valence-electron chi connectivity index (χ2n) is 5.09. The largest absolute Gasteiger partial charge is 0.296 e. The predicted octanol–water partition coefficient (Wildman–Crippen LogP) is 2.04. The second-order valence-corrected chi connectivity index (χ2v) is 7.85. The van der Waals surface area contributed by atoms with Crippen LogP contribution < -0.4 is 10.0 Å². The summed E-state index contributed by atoms with van der Waals surface area (Å²) in [6, 6.07) is 6.40. The molecule has 1 aromatic heterocycles. The van der Waals surface area contributed by atoms with Crippen molar-refractivity contribution in [3.05, 3.63) is 34.8 Å². The molecule has 0 bridgehead atoms. The van der Waals surface area contributed by atoms with Crippen LogP contribution in [0.15, 0.2) is 24.3 Å². The van der Waals surface area contributed by atoms with Crippen molar-refractivity contribution in [1.29, 1.82) is 0 Å². The van der Waals surface area contributed by atoms with Gasteiger partial charge in [-0.3, -0.25) is 14.8 Å². The van der Waals surface area contributed by atoms with Crippen molar-refractivity contribution in [3.63, 3.8) is 0 Å². The highest BCUT2D eigenvalue weighted by Gasteiger charge is 2.28. The molecule has 2 aromatic rings. The Morgan fingerprint density at radius 2 is 2.00 bits per heavy atom. The van der Waals surface area contributed by atoms with E-state index in [1.165, 1.54) is 17.4 Å². The van der Waals surface area contributed by atoms with E-state index >= 15 is 0 Å². The smallest absolute Gasteiger partial charge is 0.259 e. The Balaban J connectivity index is 1.79. The maximum Gasteiger partial charge on any atom is 0.259 e. The number of hydrogen-bond acceptors (Lipinski definition) is 6. The molecule has 9 heteroatoms. The van der Waals surface area contributed by atoms with E-state index in [9.17, 15) is 13.2 Å². The first-order chi connectivity index (χ1) is 10.4. The second kappa shape index (κ2) is 5.65. The summed E-state index contributed by atoms with van der Waals surface area (Å²) in [6.07, 6.45) is 3.27. The van der Waals surface area contributed by atoms with E-state index in [1.54, 1.807) is 18.2 Å². The molecule has 7 nitrogen and oxygen atoms in total. The topological polar surface area (TPSA) is 101 Å². The molecule has 0 spiro atoms. The molecule has 1 aliphatic carbocycles. The van der Waals surface area contributed by atoms with Gasteiger partial charge in [-0.1, -0.05) is 23.5 Å². The molecule has 1 saturated carbocycles. The van der Waals surface area contributed by atoms with Gasteiger partial charge in [0.2, 0.25) is 15.2 Å². The van der Waals surface area contributed by atoms with Gasteiger partial charge in [-0.25, -0.2) is 8.42 Å². The molecule has 0 atom stereocenters. The van der Waals surface area contributed by atoms with Crippen LogP contribution in [0.4, 0.5) is 10.8 Å². The minimum atomic E-state index is -3.46. The van der Waals surface area contributed by atoms with Crippen LogP contribution in [0.1, 0.15) is 34.1 Å². The van der Waals surface area contributed by atoms with Crippen LogP contribution >= 0.6 is 11.3 Å². The van der Waals surface area contributed by atoms with Crippen LogP contribution in [-0.2, 0) is 10.0 Å². The van der Waals surface area contributed by atoms with Crippen molar-refractivity contribution in [3.8, 4) is 0 Å². The van der Waals surface area contributed by atoms with Gasteiger partial charge in [0, 0.05) is 5.92 Å². The number of para-hydroxylation sites is 1. The number of nitrogens with zero attached hydrogens (tertiary/aromatic N) is 2. The third kappa shape index (κ3) is 3.60. The summed E-state index contributed by atoms with van der Waals surface area (Å²) in [6.45, 7) is 0. The highest BCUT2D eigenvalue weighted by Crippen LogP contribution is 2.42. The van der Waals surface area contributed by atoms with Crippen molar-refractivity contribution in [2.75, 3.05) is 16.3 Å². The Kier molecular flexibility index (Phi) is 3.83. The molecule has 0 saturated heterocycles. The molecular weight excluding hydrogens is 324 g/mol. The van der Waals surface area contributed by atoms with Crippen LogP contribution in [0.3, 0.4) is 0 Å². The number of nitrogens with one attached hydrogen (secondary N) is 2. The van der Waals surface area contributed by atoms with Gasteiger partial charge in [-0.05, 0) is 25.0 Å². The fourth-order valence-corrected chi connectivity index (χ4v) is 3.40. The minimum absolute atomic E-state index is 0.231. The van der Waals surface area contributed by atoms with E-state index in [4.69, 9.17) is 0 Å². The Labute approximate surface area is 131 Å². The summed E-state index contributed by atoms with van der Waals surface area (Å²) in [5.74, 6) is 0.0487. The number of anilines is 2. The first-order valence-corrected chi connectivity index (χ1v) is 9.35. The molecule has 22 heavy (non-hydrogen) atoms. The van der Waals surface area contributed by atoms with Gasteiger partial charge in [-0.2, -0.15) is 0 Å². The van der Waals surface area contributed by atoms with Gasteiger partial charge < -0.3 is 0 Å². The quantitative estimate of drug-likeness (QED) is 0.869. The Hall–Kier alpha value is -2.00. The molecular formula is C13H14N4O3S2. The fourth-order valence-electron chi connectivity index (χ4n) is 1.91. The highest BCUT2D eigenvalue weighted by molar-refractivity contribution is 7.92. The van der Waals surface area contributed by atoms with Crippen LogP contribution in [0.5, 0.6) is 0 Å². The molecule has 1 aromatic carbocycles. The Bertz CT molecular complexity index is 812. The number of benzene rings is 1. The first-order valence-electron chi connectivity index (χ1n) is 6.64. The number of hydrogen-bond donors (Lipinski definition) is 2. The van der Waals surface area contributed by atoms with Gasteiger partial charge in [0.15, 0.2) is 0 Å². The van der Waals surface area contributed by atoms with E-state index in [-0.39, 0.29) is 11.3 Å². The van der Waals surface area contributed by atoms with Crippen LogP contribution in [0, 0.1) is 0 Å². The lowest BCUT2D eigenvalue weighted by atomic mass is 10.2. The summed E-state index contributed by atoms with van der Waals surface area (Å²) < 4.78 is 25.0. The summed E-state index contributed by atoms with van der Waals surface area (Å²) in [7, 11) is -3.46. The van der Waals surface area contributed by atoms with E-state index in [0.717, 1.165) is 24.1 Å². The first kappa shape index (κ1) is 14.9. The lowest BCUT2D eigenvalue weighted by Crippen LogP contribution is -2.17. The van der Waals surface area contributed by atoms with Crippen LogP contribution in [0.25, 0.3) is 0 Å². The number of amides is 1. The van der Waals surface area contributed by atoms with Crippen LogP contribution in [0.2, 0.25) is 0 Å². The standard InChI is InChI=1S/C13H14N4O3S2/c1-22(19,20)17-10-5-3-2-4-9(10)11(18)14-13-16-15-12(21-13)8-6-7-8/h2-5,8,17H,6-7H2,1H3,(H,14,16,18). The fraction of sp³-hybridized carbons (Fsp3) is 0.308. The maximum atomic E-state index is 12.3. The van der Waals surface area contributed by atoms with Crippen molar-refractivity contribution in [1.82, 2.24) is 10.2 Å². The van der Waals surface area contributed by atoms with Crippen molar-refractivity contribution >= 4 is 38.1 Å². The van der Waals surface area contributed by atoms with Gasteiger partial charge in [0.05, 0.1) is 17.5 Å². The molecule has 0 radical (unpaired) electrons. The van der Waals surface area contributed by atoms with E-state index in [1.807, 2.05) is 0 Å². The number of carbonyl (C=O) groups excluding carboxylic acids is 1. The van der Waals surface area contributed by atoms with Gasteiger partial charge in [-0.15, -0.1) is 10.2 Å². The summed E-state index contributed by atoms with van der Waals surface area (Å²) in [4.78, 5) is 12.3. The average molecular weight is 338 g/mol. The minimum Gasteiger partial charge on any atom is -0.296 e. The Morgan fingerprint density at radius 1 is 1.27 bits per heavy atom. The number of rotatable bonds is 5. The molecule has 2 N–H and O–H groups in total. The molecule has 1 amide bonds. The lowest BCUT2D eigenvalue weighted by molar-refractivity contribution is 0.102. The molecule has 1 heterocycles. The third-order valence-corrected chi connectivity index (χ3v) is 4.65. The lowest BCUT2D eigenvalue weighted by Gasteiger charge is -2.09. The van der Waals surface area contributed by atoms with Crippen molar-refractivity contribution < 1.29 is 13.2 Å². The van der Waals surface area contributed by atoms with Gasteiger partial charge in [0.1, 0.15) is 5.01 Å². The summed E-state index contributed by atoms with van der Waals surface area (Å²) >= 11 is 1.35. The van der Waals surface area contributed by atoms with E-state index in [0.29, 0.717) is 11.0 Å². The zero-order chi connectivity index (χ0) is 15.7. The molecule has 1 fully saturated rings. The summed E-state index contributed by atoms with van der Waals surface area (Å²) in [5.41, 5.74) is 0.463. The van der Waals surface area contributed by atoms with Gasteiger partial charge >= 0.3 is 0 Å². The molecule has 0 aliphatic heterocycles. The zero-order valence-corrected chi connectivity index (χ0v) is 13.4. The SMILES string of the molecule is CS(=O)(=O)Nc1ccccc1C(=O)Nc1nnc(C2CC2)s1. The maximum absolute atomic E-state index is 12.3. The average Bonchev–Trinajstić information content (AvgIpc) is 3.18. The normalized spacial score (nSPS) is 14.6. The predicted molar refractivity (Wildman–Crippen MR) is 84.7 cm³/mol. The number of carbonyl (C=O) groups is 1. The number of sulfonamides is 1. The van der Waals surface area contributed by atoms with E-state index in [2.05, 4.69) is 20.2 Å². The Morgan fingerprint density at radius 3 is 2.68 bits per heavy atom. The monoisotopic (exact) mass is 338 g/mol. The molecule has 0 unspecified atom stereocenters. The van der Waals surface area contributed by atoms with E-state index < -0.39 is 15.9 Å². The van der Waals surface area contributed by atoms with Crippen molar-refractivity contribution in [2.24, 2.45) is 0 Å². The molecule has 1 aliphatic rings. The molecule has 116 valence electrons. The highest BCUT2D eigenvalue weighted by atomic mass is 32.2.